The number of aryl methyl sites for hydroxylation is 1. The van der Waals surface area contributed by atoms with E-state index in [1.807, 2.05) is 27.1 Å². The summed E-state index contributed by atoms with van der Waals surface area (Å²) in [6.07, 6.45) is 0. The van der Waals surface area contributed by atoms with Crippen LogP contribution in [0.25, 0.3) is 0 Å². The number of hydrogen-bond acceptors (Lipinski definition) is 3. The zero-order valence-corrected chi connectivity index (χ0v) is 11.3. The molecule has 0 saturated carbocycles. The van der Waals surface area contributed by atoms with Crippen LogP contribution in [0.15, 0.2) is 18.2 Å². The molecule has 0 amide bonds. The molecule has 0 fully saturated rings. The maximum Gasteiger partial charge on any atom is 0.176 e. The zero-order chi connectivity index (χ0) is 12.8. The first-order chi connectivity index (χ1) is 8.00. The predicted octanol–water partition coefficient (Wildman–Crippen LogP) is 1.98. The summed E-state index contributed by atoms with van der Waals surface area (Å²) in [7, 11) is 4.01. The Balaban J connectivity index is 2.44. The molecule has 4 heteroatoms. The first-order valence-electron chi connectivity index (χ1n) is 5.65. The maximum absolute atomic E-state index is 11.8. The van der Waals surface area contributed by atoms with Gasteiger partial charge in [-0.1, -0.05) is 11.6 Å². The van der Waals surface area contributed by atoms with Crippen LogP contribution in [-0.2, 0) is 0 Å². The van der Waals surface area contributed by atoms with Crippen LogP contribution in [0.3, 0.4) is 0 Å². The summed E-state index contributed by atoms with van der Waals surface area (Å²) < 4.78 is 0. The molecule has 0 heterocycles. The van der Waals surface area contributed by atoms with Crippen LogP contribution >= 0.6 is 11.6 Å². The van der Waals surface area contributed by atoms with Gasteiger partial charge in [0.15, 0.2) is 5.78 Å². The fourth-order valence-corrected chi connectivity index (χ4v) is 1.54. The fraction of sp³-hybridized carbons (Fsp3) is 0.462. The SMILES string of the molecule is Cc1cc(C(=O)CNCCN(C)C)ccc1Cl. The van der Waals surface area contributed by atoms with Crippen molar-refractivity contribution in [2.24, 2.45) is 0 Å². The van der Waals surface area contributed by atoms with Gasteiger partial charge in [0.25, 0.3) is 0 Å². The molecule has 0 aromatic heterocycles. The molecule has 1 N–H and O–H groups in total. The van der Waals surface area contributed by atoms with Crippen LogP contribution in [0, 0.1) is 6.92 Å². The van der Waals surface area contributed by atoms with E-state index in [9.17, 15) is 4.79 Å². The topological polar surface area (TPSA) is 32.3 Å². The predicted molar refractivity (Wildman–Crippen MR) is 71.9 cm³/mol. The van der Waals surface area contributed by atoms with Crippen molar-refractivity contribution in [2.75, 3.05) is 33.7 Å². The lowest BCUT2D eigenvalue weighted by Gasteiger charge is -2.10. The van der Waals surface area contributed by atoms with Crippen LogP contribution in [-0.4, -0.2) is 44.4 Å². The highest BCUT2D eigenvalue weighted by Crippen LogP contribution is 2.16. The third-order valence-corrected chi connectivity index (χ3v) is 2.93. The van der Waals surface area contributed by atoms with E-state index < -0.39 is 0 Å². The number of nitrogens with one attached hydrogen (secondary N) is 1. The van der Waals surface area contributed by atoms with Crippen LogP contribution in [0.2, 0.25) is 5.02 Å². The first-order valence-corrected chi connectivity index (χ1v) is 6.03. The van der Waals surface area contributed by atoms with Gasteiger partial charge in [0, 0.05) is 23.7 Å². The average Bonchev–Trinajstić information content (AvgIpc) is 2.27. The Morgan fingerprint density at radius 3 is 2.71 bits per heavy atom. The van der Waals surface area contributed by atoms with Crippen molar-refractivity contribution in [1.82, 2.24) is 10.2 Å². The Morgan fingerprint density at radius 1 is 1.41 bits per heavy atom. The van der Waals surface area contributed by atoms with Gasteiger partial charge in [-0.15, -0.1) is 0 Å². The van der Waals surface area contributed by atoms with Gasteiger partial charge in [-0.05, 0) is 44.8 Å². The second-order valence-electron chi connectivity index (χ2n) is 4.37. The molecule has 94 valence electrons. The van der Waals surface area contributed by atoms with E-state index in [0.29, 0.717) is 17.1 Å². The summed E-state index contributed by atoms with van der Waals surface area (Å²) in [6, 6.07) is 5.37. The highest BCUT2D eigenvalue weighted by molar-refractivity contribution is 6.31. The van der Waals surface area contributed by atoms with Crippen molar-refractivity contribution >= 4 is 17.4 Å². The summed E-state index contributed by atoms with van der Waals surface area (Å²) in [4.78, 5) is 13.9. The van der Waals surface area contributed by atoms with Crippen LogP contribution < -0.4 is 5.32 Å². The van der Waals surface area contributed by atoms with E-state index in [-0.39, 0.29) is 5.78 Å². The van der Waals surface area contributed by atoms with Crippen molar-refractivity contribution in [3.8, 4) is 0 Å². The third kappa shape index (κ3) is 4.86. The highest BCUT2D eigenvalue weighted by atomic mass is 35.5. The van der Waals surface area contributed by atoms with Crippen molar-refractivity contribution in [3.05, 3.63) is 34.3 Å². The second kappa shape index (κ2) is 6.74. The largest absolute Gasteiger partial charge is 0.308 e. The number of carbonyl (C=O) groups is 1. The van der Waals surface area contributed by atoms with Gasteiger partial charge in [-0.25, -0.2) is 0 Å². The number of halogens is 1. The minimum Gasteiger partial charge on any atom is -0.308 e. The van der Waals surface area contributed by atoms with Gasteiger partial charge < -0.3 is 10.2 Å². The van der Waals surface area contributed by atoms with Gasteiger partial charge in [-0.3, -0.25) is 4.79 Å². The number of Topliss-reactive ketones (excluding diaryl/α,β-unsaturated/α-hetero) is 1. The maximum atomic E-state index is 11.8. The van der Waals surface area contributed by atoms with Crippen molar-refractivity contribution < 1.29 is 4.79 Å². The Labute approximate surface area is 108 Å². The molecule has 0 bridgehead atoms. The van der Waals surface area contributed by atoms with Crippen LogP contribution in [0.5, 0.6) is 0 Å². The molecule has 1 rings (SSSR count). The Bertz CT molecular complexity index is 391. The molecule has 0 unspecified atom stereocenters. The quantitative estimate of drug-likeness (QED) is 0.622. The molecular formula is C13H19ClN2O. The number of carbonyl (C=O) groups excluding carboxylic acids is 1. The van der Waals surface area contributed by atoms with Crippen molar-refractivity contribution in [3.63, 3.8) is 0 Å². The van der Waals surface area contributed by atoms with E-state index in [2.05, 4.69) is 10.2 Å². The molecule has 0 atom stereocenters. The number of ketones is 1. The first kappa shape index (κ1) is 14.2. The Hall–Kier alpha value is -0.900. The zero-order valence-electron chi connectivity index (χ0n) is 10.6. The Kier molecular flexibility index (Phi) is 5.62. The van der Waals surface area contributed by atoms with E-state index in [1.165, 1.54) is 0 Å². The van der Waals surface area contributed by atoms with Gasteiger partial charge in [0.1, 0.15) is 0 Å². The molecule has 1 aromatic rings. The molecule has 0 spiro atoms. The van der Waals surface area contributed by atoms with E-state index in [0.717, 1.165) is 18.7 Å². The monoisotopic (exact) mass is 254 g/mol. The molecule has 0 aliphatic heterocycles. The highest BCUT2D eigenvalue weighted by Gasteiger charge is 2.06. The standard InChI is InChI=1S/C13H19ClN2O/c1-10-8-11(4-5-12(10)14)13(17)9-15-6-7-16(2)3/h4-5,8,15H,6-7,9H2,1-3H3. The fourth-order valence-electron chi connectivity index (χ4n) is 1.42. The van der Waals surface area contributed by atoms with Crippen LogP contribution in [0.4, 0.5) is 0 Å². The number of likely N-dealkylation sites (N-methyl/N-ethyl adjacent to an activating group) is 1. The molecule has 0 radical (unpaired) electrons. The normalized spacial score (nSPS) is 10.9. The minimum absolute atomic E-state index is 0.100. The molecule has 0 aliphatic carbocycles. The lowest BCUT2D eigenvalue weighted by molar-refractivity contribution is 0.0990. The Morgan fingerprint density at radius 2 is 2.12 bits per heavy atom. The number of nitrogens with zero attached hydrogens (tertiary/aromatic N) is 1. The van der Waals surface area contributed by atoms with Gasteiger partial charge in [0.2, 0.25) is 0 Å². The molecular weight excluding hydrogens is 236 g/mol. The lowest BCUT2D eigenvalue weighted by atomic mass is 10.1. The number of hydrogen-bond donors (Lipinski definition) is 1. The molecule has 1 aromatic carbocycles. The van der Waals surface area contributed by atoms with Gasteiger partial charge >= 0.3 is 0 Å². The smallest absolute Gasteiger partial charge is 0.176 e. The van der Waals surface area contributed by atoms with Gasteiger partial charge in [0.05, 0.1) is 6.54 Å². The van der Waals surface area contributed by atoms with Crippen molar-refractivity contribution in [2.45, 2.75) is 6.92 Å². The van der Waals surface area contributed by atoms with E-state index in [1.54, 1.807) is 12.1 Å². The van der Waals surface area contributed by atoms with Crippen molar-refractivity contribution in [1.29, 1.82) is 0 Å². The molecule has 3 nitrogen and oxygen atoms in total. The number of benzene rings is 1. The van der Waals surface area contributed by atoms with Crippen LogP contribution in [0.1, 0.15) is 15.9 Å². The summed E-state index contributed by atoms with van der Waals surface area (Å²) in [5, 5.41) is 3.82. The third-order valence-electron chi connectivity index (χ3n) is 2.50. The summed E-state index contributed by atoms with van der Waals surface area (Å²) in [5.74, 6) is 0.100. The van der Waals surface area contributed by atoms with E-state index in [4.69, 9.17) is 11.6 Å². The summed E-state index contributed by atoms with van der Waals surface area (Å²) >= 11 is 5.91. The summed E-state index contributed by atoms with van der Waals surface area (Å²) in [6.45, 7) is 4.01. The molecule has 0 aliphatic rings. The van der Waals surface area contributed by atoms with E-state index >= 15 is 0 Å². The molecule has 0 saturated heterocycles. The minimum atomic E-state index is 0.100. The average molecular weight is 255 g/mol. The molecule has 17 heavy (non-hydrogen) atoms. The summed E-state index contributed by atoms with van der Waals surface area (Å²) in [5.41, 5.74) is 1.65. The lowest BCUT2D eigenvalue weighted by Crippen LogP contribution is -2.30. The second-order valence-corrected chi connectivity index (χ2v) is 4.77. The number of rotatable bonds is 6. The van der Waals surface area contributed by atoms with Gasteiger partial charge in [-0.2, -0.15) is 0 Å².